The Balaban J connectivity index is 2.75. The standard InChI is InChI=1S/C26H35F3N2O5/c1-7-35-24(32)21-17(3)31(14-13-30(5)15-16-34-6)18(4)22(25(33)36-8-2)23(21)19-11-9-10-12-20(19)26(27,28)29/h9-12,23H,7-8,13-16H2,1-6H3. The number of methoxy groups -OCH3 is 1. The van der Waals surface area contributed by atoms with Gasteiger partial charge in [-0.2, -0.15) is 13.2 Å². The van der Waals surface area contributed by atoms with Gasteiger partial charge in [-0.3, -0.25) is 0 Å². The van der Waals surface area contributed by atoms with Crippen LogP contribution in [0.2, 0.25) is 0 Å². The van der Waals surface area contributed by atoms with Crippen molar-refractivity contribution >= 4 is 11.9 Å². The van der Waals surface area contributed by atoms with Crippen LogP contribution in [0.3, 0.4) is 0 Å². The molecule has 2 rings (SSSR count). The van der Waals surface area contributed by atoms with E-state index in [-0.39, 0.29) is 29.9 Å². The number of carbonyl (C=O) groups excluding carboxylic acids is 2. The van der Waals surface area contributed by atoms with Crippen LogP contribution in [-0.4, -0.2) is 75.4 Å². The number of hydrogen-bond donors (Lipinski definition) is 0. The summed E-state index contributed by atoms with van der Waals surface area (Å²) in [6.45, 7) is 8.74. The number of likely N-dealkylation sites (N-methyl/N-ethyl adjacent to an activating group) is 1. The van der Waals surface area contributed by atoms with Crippen LogP contribution in [-0.2, 0) is 30.0 Å². The minimum absolute atomic E-state index is 0.0123. The van der Waals surface area contributed by atoms with Crippen molar-refractivity contribution in [3.05, 3.63) is 57.9 Å². The van der Waals surface area contributed by atoms with E-state index in [0.717, 1.165) is 6.07 Å². The molecule has 200 valence electrons. The first-order chi connectivity index (χ1) is 17.0. The Bertz CT molecular complexity index is 962. The Morgan fingerprint density at radius 3 is 1.97 bits per heavy atom. The van der Waals surface area contributed by atoms with Crippen LogP contribution < -0.4 is 0 Å². The summed E-state index contributed by atoms with van der Waals surface area (Å²) in [5, 5.41) is 0. The molecule has 0 N–H and O–H groups in total. The molecule has 1 heterocycles. The number of carbonyl (C=O) groups is 2. The zero-order valence-corrected chi connectivity index (χ0v) is 21.7. The molecule has 0 unspecified atom stereocenters. The van der Waals surface area contributed by atoms with Crippen LogP contribution in [0, 0.1) is 0 Å². The molecular weight excluding hydrogens is 477 g/mol. The second kappa shape index (κ2) is 12.9. The van der Waals surface area contributed by atoms with E-state index in [1.54, 1.807) is 39.7 Å². The van der Waals surface area contributed by atoms with Crippen LogP contribution in [0.25, 0.3) is 0 Å². The number of esters is 2. The van der Waals surface area contributed by atoms with Gasteiger partial charge < -0.3 is 24.0 Å². The van der Waals surface area contributed by atoms with Gasteiger partial charge in [0.1, 0.15) is 0 Å². The van der Waals surface area contributed by atoms with E-state index in [0.29, 0.717) is 37.6 Å². The lowest BCUT2D eigenvalue weighted by Crippen LogP contribution is -2.39. The fourth-order valence-electron chi connectivity index (χ4n) is 4.34. The first-order valence-electron chi connectivity index (χ1n) is 11.9. The summed E-state index contributed by atoms with van der Waals surface area (Å²) in [5.41, 5.74) is -0.288. The summed E-state index contributed by atoms with van der Waals surface area (Å²) in [6, 6.07) is 4.97. The van der Waals surface area contributed by atoms with Crippen molar-refractivity contribution in [1.82, 2.24) is 9.80 Å². The Labute approximate surface area is 210 Å². The fourth-order valence-corrected chi connectivity index (χ4v) is 4.34. The van der Waals surface area contributed by atoms with Crippen molar-refractivity contribution in [2.75, 3.05) is 53.6 Å². The van der Waals surface area contributed by atoms with Gasteiger partial charge in [0.2, 0.25) is 0 Å². The van der Waals surface area contributed by atoms with Gasteiger partial charge in [0, 0.05) is 38.1 Å². The molecule has 10 heteroatoms. The number of alkyl halides is 3. The number of halogens is 3. The highest BCUT2D eigenvalue weighted by atomic mass is 19.4. The van der Waals surface area contributed by atoms with Crippen LogP contribution in [0.5, 0.6) is 0 Å². The zero-order valence-electron chi connectivity index (χ0n) is 21.7. The first-order valence-corrected chi connectivity index (χ1v) is 11.9. The van der Waals surface area contributed by atoms with Crippen molar-refractivity contribution in [3.63, 3.8) is 0 Å². The van der Waals surface area contributed by atoms with E-state index < -0.39 is 29.6 Å². The second-order valence-corrected chi connectivity index (χ2v) is 8.40. The molecule has 0 spiro atoms. The van der Waals surface area contributed by atoms with Crippen molar-refractivity contribution in [2.24, 2.45) is 0 Å². The number of nitrogens with zero attached hydrogens (tertiary/aromatic N) is 2. The van der Waals surface area contributed by atoms with E-state index >= 15 is 0 Å². The molecule has 1 aliphatic heterocycles. The summed E-state index contributed by atoms with van der Waals surface area (Å²) in [4.78, 5) is 30.2. The molecule has 36 heavy (non-hydrogen) atoms. The SMILES string of the molecule is CCOC(=O)C1=C(C)N(CCN(C)CCOC)C(C)=C(C(=O)OCC)C1c1ccccc1C(F)(F)F. The van der Waals surface area contributed by atoms with Crippen LogP contribution >= 0.6 is 0 Å². The molecule has 0 atom stereocenters. The molecule has 1 aromatic rings. The van der Waals surface area contributed by atoms with E-state index in [4.69, 9.17) is 14.2 Å². The summed E-state index contributed by atoms with van der Waals surface area (Å²) >= 11 is 0. The summed E-state index contributed by atoms with van der Waals surface area (Å²) in [5.74, 6) is -2.85. The van der Waals surface area contributed by atoms with Crippen LogP contribution in [0.4, 0.5) is 13.2 Å². The average molecular weight is 513 g/mol. The van der Waals surface area contributed by atoms with Crippen LogP contribution in [0.15, 0.2) is 46.8 Å². The van der Waals surface area contributed by atoms with E-state index in [1.807, 2.05) is 11.9 Å². The maximum absolute atomic E-state index is 14.0. The van der Waals surface area contributed by atoms with E-state index in [1.165, 1.54) is 18.2 Å². The van der Waals surface area contributed by atoms with Gasteiger partial charge >= 0.3 is 18.1 Å². The van der Waals surface area contributed by atoms with Crippen LogP contribution in [0.1, 0.15) is 44.7 Å². The molecule has 0 fully saturated rings. The molecule has 0 aliphatic carbocycles. The maximum atomic E-state index is 14.0. The van der Waals surface area contributed by atoms with Crippen molar-refractivity contribution in [1.29, 1.82) is 0 Å². The monoisotopic (exact) mass is 512 g/mol. The quantitative estimate of drug-likeness (QED) is 0.408. The van der Waals surface area contributed by atoms with Gasteiger partial charge in [-0.1, -0.05) is 18.2 Å². The predicted molar refractivity (Wildman–Crippen MR) is 129 cm³/mol. The van der Waals surface area contributed by atoms with Gasteiger partial charge in [-0.05, 0) is 46.4 Å². The first kappa shape index (κ1) is 29.4. The Hall–Kier alpha value is -2.85. The zero-order chi connectivity index (χ0) is 27.0. The molecule has 0 radical (unpaired) electrons. The predicted octanol–water partition coefficient (Wildman–Crippen LogP) is 4.36. The lowest BCUT2D eigenvalue weighted by atomic mass is 9.78. The summed E-state index contributed by atoms with van der Waals surface area (Å²) < 4.78 is 57.8. The number of benzene rings is 1. The number of allylic oxidation sites excluding steroid dienone is 2. The highest BCUT2D eigenvalue weighted by molar-refractivity contribution is 6.00. The molecule has 0 saturated carbocycles. The van der Waals surface area contributed by atoms with E-state index in [9.17, 15) is 22.8 Å². The third-order valence-electron chi connectivity index (χ3n) is 6.12. The van der Waals surface area contributed by atoms with Crippen molar-refractivity contribution in [3.8, 4) is 0 Å². The number of ether oxygens (including phenoxy) is 3. The molecule has 0 saturated heterocycles. The minimum Gasteiger partial charge on any atom is -0.463 e. The number of hydrogen-bond acceptors (Lipinski definition) is 7. The lowest BCUT2D eigenvalue weighted by molar-refractivity contribution is -0.142. The Morgan fingerprint density at radius 2 is 1.50 bits per heavy atom. The van der Waals surface area contributed by atoms with Crippen molar-refractivity contribution < 1.29 is 37.0 Å². The second-order valence-electron chi connectivity index (χ2n) is 8.40. The van der Waals surface area contributed by atoms with Crippen molar-refractivity contribution in [2.45, 2.75) is 39.8 Å². The minimum atomic E-state index is -4.70. The fraction of sp³-hybridized carbons (Fsp3) is 0.538. The summed E-state index contributed by atoms with van der Waals surface area (Å²) in [6.07, 6.45) is -4.70. The molecule has 7 nitrogen and oxygen atoms in total. The smallest absolute Gasteiger partial charge is 0.416 e. The molecule has 1 aromatic carbocycles. The molecular formula is C26H35F3N2O5. The van der Waals surface area contributed by atoms with Gasteiger partial charge in [-0.15, -0.1) is 0 Å². The van der Waals surface area contributed by atoms with E-state index in [2.05, 4.69) is 0 Å². The largest absolute Gasteiger partial charge is 0.463 e. The van der Waals surface area contributed by atoms with Gasteiger partial charge in [-0.25, -0.2) is 9.59 Å². The van der Waals surface area contributed by atoms with Gasteiger partial charge in [0.15, 0.2) is 0 Å². The number of rotatable bonds is 11. The maximum Gasteiger partial charge on any atom is 0.416 e. The third kappa shape index (κ3) is 6.67. The topological polar surface area (TPSA) is 68.3 Å². The molecule has 0 amide bonds. The highest BCUT2D eigenvalue weighted by Crippen LogP contribution is 2.46. The Morgan fingerprint density at radius 1 is 0.972 bits per heavy atom. The normalized spacial score (nSPS) is 15.1. The summed E-state index contributed by atoms with van der Waals surface area (Å²) in [7, 11) is 3.51. The molecule has 0 bridgehead atoms. The third-order valence-corrected chi connectivity index (χ3v) is 6.12. The van der Waals surface area contributed by atoms with Gasteiger partial charge in [0.25, 0.3) is 0 Å². The highest BCUT2D eigenvalue weighted by Gasteiger charge is 2.44. The molecule has 1 aliphatic rings. The Kier molecular flexibility index (Phi) is 10.5. The molecule has 0 aromatic heterocycles. The average Bonchev–Trinajstić information content (AvgIpc) is 2.81. The lowest BCUT2D eigenvalue weighted by Gasteiger charge is -2.39. The van der Waals surface area contributed by atoms with Gasteiger partial charge in [0.05, 0.1) is 42.4 Å².